The summed E-state index contributed by atoms with van der Waals surface area (Å²) in [7, 11) is 0. The number of likely N-dealkylation sites (N-methyl/N-ethyl adjacent to an activating group) is 1. The molecule has 82 valence electrons. The number of carboxylic acid groups (broad SMARTS) is 1. The van der Waals surface area contributed by atoms with Crippen molar-refractivity contribution in [1.29, 1.82) is 0 Å². The first kappa shape index (κ1) is 10.6. The molecule has 15 heavy (non-hydrogen) atoms. The number of fused-ring (bicyclic) bond motifs is 1. The Kier molecular flexibility index (Phi) is 3.02. The van der Waals surface area contributed by atoms with Crippen molar-refractivity contribution < 1.29 is 9.90 Å². The second-order valence-electron chi connectivity index (χ2n) is 3.67. The summed E-state index contributed by atoms with van der Waals surface area (Å²) in [4.78, 5) is 18.5. The third kappa shape index (κ3) is 2.35. The van der Waals surface area contributed by atoms with Crippen LogP contribution >= 0.6 is 11.3 Å². The maximum atomic E-state index is 10.6. The predicted molar refractivity (Wildman–Crippen MR) is 58.1 cm³/mol. The van der Waals surface area contributed by atoms with E-state index in [9.17, 15) is 4.79 Å². The van der Waals surface area contributed by atoms with Crippen molar-refractivity contribution in [1.82, 2.24) is 9.88 Å². The van der Waals surface area contributed by atoms with Gasteiger partial charge in [-0.2, -0.15) is 0 Å². The average molecular weight is 226 g/mol. The van der Waals surface area contributed by atoms with E-state index in [-0.39, 0.29) is 6.42 Å². The Morgan fingerprint density at radius 1 is 1.67 bits per heavy atom. The first-order chi connectivity index (χ1) is 7.19. The van der Waals surface area contributed by atoms with E-state index >= 15 is 0 Å². The Balaban J connectivity index is 2.14. The quantitative estimate of drug-likeness (QED) is 0.840. The minimum atomic E-state index is -0.798. The number of hydrogen-bond donors (Lipinski definition) is 1. The molecule has 1 aromatic rings. The number of hydrogen-bond acceptors (Lipinski definition) is 4. The molecule has 0 aromatic carbocycles. The minimum absolute atomic E-state index is 0.0593. The van der Waals surface area contributed by atoms with Crippen molar-refractivity contribution in [3.05, 3.63) is 15.6 Å². The van der Waals surface area contributed by atoms with Gasteiger partial charge < -0.3 is 5.11 Å². The number of rotatable bonds is 3. The van der Waals surface area contributed by atoms with Crippen molar-refractivity contribution >= 4 is 17.3 Å². The zero-order valence-corrected chi connectivity index (χ0v) is 9.51. The summed E-state index contributed by atoms with van der Waals surface area (Å²) in [6.07, 6.45) is 1.02. The van der Waals surface area contributed by atoms with Gasteiger partial charge in [0.25, 0.3) is 0 Å². The molecule has 2 rings (SSSR count). The van der Waals surface area contributed by atoms with Gasteiger partial charge in [-0.25, -0.2) is 4.98 Å². The molecule has 0 spiro atoms. The highest BCUT2D eigenvalue weighted by molar-refractivity contribution is 7.11. The molecule has 0 saturated carbocycles. The molecule has 1 aromatic heterocycles. The van der Waals surface area contributed by atoms with Gasteiger partial charge in [-0.3, -0.25) is 9.69 Å². The van der Waals surface area contributed by atoms with Gasteiger partial charge in [0.05, 0.1) is 12.1 Å². The summed E-state index contributed by atoms with van der Waals surface area (Å²) < 4.78 is 0. The molecular formula is C10H14N2O2S. The van der Waals surface area contributed by atoms with Crippen LogP contribution in [0, 0.1) is 0 Å². The molecule has 0 saturated heterocycles. The highest BCUT2D eigenvalue weighted by Crippen LogP contribution is 2.25. The molecule has 0 atom stereocenters. The third-order valence-corrected chi connectivity index (χ3v) is 3.69. The molecule has 0 aliphatic carbocycles. The Labute approximate surface area is 92.6 Å². The van der Waals surface area contributed by atoms with Crippen LogP contribution in [0.3, 0.4) is 0 Å². The van der Waals surface area contributed by atoms with Crippen LogP contribution in [0.4, 0.5) is 0 Å². The van der Waals surface area contributed by atoms with Crippen molar-refractivity contribution in [3.63, 3.8) is 0 Å². The van der Waals surface area contributed by atoms with Crippen LogP contribution in [-0.2, 0) is 24.2 Å². The monoisotopic (exact) mass is 226 g/mol. The number of carboxylic acids is 1. The Morgan fingerprint density at radius 2 is 2.47 bits per heavy atom. The molecule has 0 amide bonds. The van der Waals surface area contributed by atoms with Gasteiger partial charge in [-0.1, -0.05) is 6.92 Å². The standard InChI is InChI=1S/C10H14N2O2S/c1-2-12-4-3-7-8(6-12)15-9(11-7)5-10(13)14/h2-6H2,1H3,(H,13,14). The molecule has 2 heterocycles. The Hall–Kier alpha value is -0.940. The summed E-state index contributed by atoms with van der Waals surface area (Å²) in [5.41, 5.74) is 1.11. The topological polar surface area (TPSA) is 53.4 Å². The lowest BCUT2D eigenvalue weighted by molar-refractivity contribution is -0.136. The fourth-order valence-electron chi connectivity index (χ4n) is 1.78. The minimum Gasteiger partial charge on any atom is -0.481 e. The zero-order chi connectivity index (χ0) is 10.8. The van der Waals surface area contributed by atoms with E-state index < -0.39 is 5.97 Å². The summed E-state index contributed by atoms with van der Waals surface area (Å²) in [6.45, 7) is 5.17. The lowest BCUT2D eigenvalue weighted by Crippen LogP contribution is -2.29. The fraction of sp³-hybridized carbons (Fsp3) is 0.600. The van der Waals surface area contributed by atoms with Gasteiger partial charge in [0, 0.05) is 24.4 Å². The lowest BCUT2D eigenvalue weighted by Gasteiger charge is -2.23. The first-order valence-corrected chi connectivity index (χ1v) is 5.92. The number of nitrogens with zero attached hydrogens (tertiary/aromatic N) is 2. The SMILES string of the molecule is CCN1CCc2nc(CC(=O)O)sc2C1. The van der Waals surface area contributed by atoms with E-state index in [1.54, 1.807) is 11.3 Å². The van der Waals surface area contributed by atoms with Crippen LogP contribution in [-0.4, -0.2) is 34.0 Å². The Bertz CT molecular complexity index is 375. The molecule has 0 unspecified atom stereocenters. The van der Waals surface area contributed by atoms with Crippen LogP contribution < -0.4 is 0 Å². The van der Waals surface area contributed by atoms with Gasteiger partial charge in [0.1, 0.15) is 5.01 Å². The van der Waals surface area contributed by atoms with Crippen LogP contribution in [0.1, 0.15) is 22.5 Å². The molecule has 1 aliphatic heterocycles. The molecule has 1 N–H and O–H groups in total. The molecule has 4 nitrogen and oxygen atoms in total. The van der Waals surface area contributed by atoms with Gasteiger partial charge >= 0.3 is 5.97 Å². The number of carbonyl (C=O) groups is 1. The van der Waals surface area contributed by atoms with E-state index in [1.165, 1.54) is 4.88 Å². The van der Waals surface area contributed by atoms with Crippen LogP contribution in [0.25, 0.3) is 0 Å². The van der Waals surface area contributed by atoms with Gasteiger partial charge in [0.2, 0.25) is 0 Å². The van der Waals surface area contributed by atoms with Gasteiger partial charge in [-0.15, -0.1) is 11.3 Å². The largest absolute Gasteiger partial charge is 0.481 e. The van der Waals surface area contributed by atoms with Crippen molar-refractivity contribution in [3.8, 4) is 0 Å². The van der Waals surface area contributed by atoms with E-state index in [4.69, 9.17) is 5.11 Å². The highest BCUT2D eigenvalue weighted by atomic mass is 32.1. The van der Waals surface area contributed by atoms with Gasteiger partial charge in [-0.05, 0) is 6.54 Å². The Morgan fingerprint density at radius 3 is 3.13 bits per heavy atom. The molecular weight excluding hydrogens is 212 g/mol. The average Bonchev–Trinajstić information content (AvgIpc) is 2.57. The number of aliphatic carboxylic acids is 1. The summed E-state index contributed by atoms with van der Waals surface area (Å²) in [5.74, 6) is -0.798. The van der Waals surface area contributed by atoms with Crippen LogP contribution in [0.15, 0.2) is 0 Å². The van der Waals surface area contributed by atoms with Crippen molar-refractivity contribution in [2.24, 2.45) is 0 Å². The molecule has 0 bridgehead atoms. The normalized spacial score (nSPS) is 16.3. The molecule has 0 radical (unpaired) electrons. The maximum Gasteiger partial charge on any atom is 0.310 e. The van der Waals surface area contributed by atoms with Crippen LogP contribution in [0.5, 0.6) is 0 Å². The van der Waals surface area contributed by atoms with Crippen molar-refractivity contribution in [2.75, 3.05) is 13.1 Å². The molecule has 0 fully saturated rings. The second kappa shape index (κ2) is 4.28. The fourth-order valence-corrected chi connectivity index (χ4v) is 2.93. The number of aromatic nitrogens is 1. The van der Waals surface area contributed by atoms with Crippen molar-refractivity contribution in [2.45, 2.75) is 26.3 Å². The third-order valence-electron chi connectivity index (χ3n) is 2.60. The van der Waals surface area contributed by atoms with Gasteiger partial charge in [0.15, 0.2) is 0 Å². The summed E-state index contributed by atoms with van der Waals surface area (Å²) in [5, 5.41) is 9.42. The van der Waals surface area contributed by atoms with E-state index in [0.29, 0.717) is 0 Å². The van der Waals surface area contributed by atoms with E-state index in [2.05, 4.69) is 16.8 Å². The number of thiazole rings is 1. The highest BCUT2D eigenvalue weighted by Gasteiger charge is 2.20. The predicted octanol–water partition coefficient (Wildman–Crippen LogP) is 1.15. The van der Waals surface area contributed by atoms with Crippen LogP contribution in [0.2, 0.25) is 0 Å². The lowest BCUT2D eigenvalue weighted by atomic mass is 10.2. The molecule has 5 heteroatoms. The van der Waals surface area contributed by atoms with E-state index in [0.717, 1.165) is 36.8 Å². The second-order valence-corrected chi connectivity index (χ2v) is 4.83. The van der Waals surface area contributed by atoms with E-state index in [1.807, 2.05) is 0 Å². The summed E-state index contributed by atoms with van der Waals surface area (Å²) in [6, 6.07) is 0. The molecule has 1 aliphatic rings. The zero-order valence-electron chi connectivity index (χ0n) is 8.69. The maximum absolute atomic E-state index is 10.6. The summed E-state index contributed by atoms with van der Waals surface area (Å²) >= 11 is 1.55. The smallest absolute Gasteiger partial charge is 0.310 e. The first-order valence-electron chi connectivity index (χ1n) is 5.10.